The molecule has 3 atom stereocenters. The topological polar surface area (TPSA) is 47.6 Å². The minimum absolute atomic E-state index is 0.177. The van der Waals surface area contributed by atoms with Crippen LogP contribution in [0.15, 0.2) is 24.3 Å². The van der Waals surface area contributed by atoms with E-state index < -0.39 is 0 Å². The molecule has 0 aromatic heterocycles. The quantitative estimate of drug-likeness (QED) is 0.788. The second-order valence-electron chi connectivity index (χ2n) is 6.51. The fourth-order valence-electron chi connectivity index (χ4n) is 3.97. The zero-order valence-corrected chi connectivity index (χ0v) is 13.2. The van der Waals surface area contributed by atoms with Crippen LogP contribution < -0.4 is 14.8 Å². The molecule has 4 heteroatoms. The van der Waals surface area contributed by atoms with Crippen molar-refractivity contribution in [3.05, 3.63) is 24.3 Å². The Balaban J connectivity index is 1.31. The standard InChI is InChI=1S/C18H25NO3/c1-21-16-4-6-17(7-5-16)22-9-8-19-18(20)12-15-11-13-2-3-14(15)10-13/h4-7,13-15H,2-3,8-12H2,1H3,(H,19,20)/t13-,14-,15+/m1/s1. The van der Waals surface area contributed by atoms with Gasteiger partial charge in [0.05, 0.1) is 13.7 Å². The number of benzene rings is 1. The van der Waals surface area contributed by atoms with Gasteiger partial charge in [-0.25, -0.2) is 0 Å². The Bertz CT molecular complexity index is 500. The lowest BCUT2D eigenvalue weighted by Gasteiger charge is -2.20. The van der Waals surface area contributed by atoms with Crippen LogP contribution >= 0.6 is 0 Å². The summed E-state index contributed by atoms with van der Waals surface area (Å²) in [5, 5.41) is 2.97. The summed E-state index contributed by atoms with van der Waals surface area (Å²) in [5.74, 6) is 4.12. The molecule has 1 aromatic rings. The lowest BCUT2D eigenvalue weighted by atomic mass is 9.86. The van der Waals surface area contributed by atoms with Gasteiger partial charge in [0.2, 0.25) is 5.91 Å². The highest BCUT2D eigenvalue weighted by molar-refractivity contribution is 5.76. The molecule has 4 nitrogen and oxygen atoms in total. The van der Waals surface area contributed by atoms with Crippen molar-refractivity contribution in [1.29, 1.82) is 0 Å². The molecule has 22 heavy (non-hydrogen) atoms. The predicted octanol–water partition coefficient (Wildman–Crippen LogP) is 3.02. The van der Waals surface area contributed by atoms with Gasteiger partial charge in [-0.2, -0.15) is 0 Å². The van der Waals surface area contributed by atoms with Gasteiger partial charge in [0.15, 0.2) is 0 Å². The Morgan fingerprint density at radius 3 is 2.59 bits per heavy atom. The number of rotatable bonds is 7. The molecule has 0 aliphatic heterocycles. The number of carbonyl (C=O) groups excluding carboxylic acids is 1. The Hall–Kier alpha value is -1.71. The summed E-state index contributed by atoms with van der Waals surface area (Å²) in [7, 11) is 1.64. The van der Waals surface area contributed by atoms with E-state index in [9.17, 15) is 4.79 Å². The van der Waals surface area contributed by atoms with Crippen LogP contribution in [0.1, 0.15) is 32.1 Å². The molecule has 0 saturated heterocycles. The van der Waals surface area contributed by atoms with E-state index in [0.29, 0.717) is 25.5 Å². The molecule has 3 rings (SSSR count). The van der Waals surface area contributed by atoms with Gasteiger partial charge in [-0.05, 0) is 61.3 Å². The van der Waals surface area contributed by atoms with Gasteiger partial charge in [0.25, 0.3) is 0 Å². The maximum absolute atomic E-state index is 12.0. The lowest BCUT2D eigenvalue weighted by molar-refractivity contribution is -0.122. The molecule has 2 fully saturated rings. The average molecular weight is 303 g/mol. The summed E-state index contributed by atoms with van der Waals surface area (Å²) in [6, 6.07) is 7.47. The van der Waals surface area contributed by atoms with Crippen LogP contribution in [-0.2, 0) is 4.79 Å². The third-order valence-corrected chi connectivity index (χ3v) is 5.08. The summed E-state index contributed by atoms with van der Waals surface area (Å²) in [5.41, 5.74) is 0. The minimum Gasteiger partial charge on any atom is -0.497 e. The van der Waals surface area contributed by atoms with Crippen molar-refractivity contribution in [2.75, 3.05) is 20.3 Å². The van der Waals surface area contributed by atoms with Crippen LogP contribution in [0.3, 0.4) is 0 Å². The van der Waals surface area contributed by atoms with E-state index in [1.54, 1.807) is 7.11 Å². The molecular weight excluding hydrogens is 278 g/mol. The van der Waals surface area contributed by atoms with E-state index in [-0.39, 0.29) is 5.91 Å². The monoisotopic (exact) mass is 303 g/mol. The minimum atomic E-state index is 0.177. The number of nitrogens with one attached hydrogen (secondary N) is 1. The van der Waals surface area contributed by atoms with E-state index in [2.05, 4.69) is 5.32 Å². The van der Waals surface area contributed by atoms with E-state index >= 15 is 0 Å². The third kappa shape index (κ3) is 3.73. The molecule has 2 aliphatic carbocycles. The molecule has 1 amide bonds. The van der Waals surface area contributed by atoms with Crippen molar-refractivity contribution in [1.82, 2.24) is 5.32 Å². The molecule has 1 N–H and O–H groups in total. The highest BCUT2D eigenvalue weighted by atomic mass is 16.5. The number of hydrogen-bond donors (Lipinski definition) is 1. The Labute approximate surface area is 132 Å². The molecule has 2 saturated carbocycles. The fourth-order valence-corrected chi connectivity index (χ4v) is 3.97. The van der Waals surface area contributed by atoms with Crippen molar-refractivity contribution in [2.24, 2.45) is 17.8 Å². The van der Waals surface area contributed by atoms with Crippen molar-refractivity contribution < 1.29 is 14.3 Å². The van der Waals surface area contributed by atoms with Gasteiger partial charge >= 0.3 is 0 Å². The number of hydrogen-bond acceptors (Lipinski definition) is 3. The van der Waals surface area contributed by atoms with Crippen LogP contribution in [0.5, 0.6) is 11.5 Å². The van der Waals surface area contributed by atoms with Crippen molar-refractivity contribution in [3.8, 4) is 11.5 Å². The molecule has 0 unspecified atom stereocenters. The van der Waals surface area contributed by atoms with Crippen LogP contribution in [0.2, 0.25) is 0 Å². The summed E-state index contributed by atoms with van der Waals surface area (Å²) >= 11 is 0. The number of carbonyl (C=O) groups is 1. The normalized spacial score (nSPS) is 26.0. The molecule has 2 aliphatic rings. The first-order chi connectivity index (χ1) is 10.7. The second kappa shape index (κ2) is 7.03. The van der Waals surface area contributed by atoms with Gasteiger partial charge in [-0.3, -0.25) is 4.79 Å². The highest BCUT2D eigenvalue weighted by Crippen LogP contribution is 2.49. The van der Waals surface area contributed by atoms with Gasteiger partial charge < -0.3 is 14.8 Å². The zero-order chi connectivity index (χ0) is 15.4. The molecule has 120 valence electrons. The number of amides is 1. The third-order valence-electron chi connectivity index (χ3n) is 5.08. The first-order valence-corrected chi connectivity index (χ1v) is 8.28. The van der Waals surface area contributed by atoms with Gasteiger partial charge in [-0.15, -0.1) is 0 Å². The van der Waals surface area contributed by atoms with E-state index in [0.717, 1.165) is 23.3 Å². The van der Waals surface area contributed by atoms with Crippen molar-refractivity contribution in [3.63, 3.8) is 0 Å². The summed E-state index contributed by atoms with van der Waals surface area (Å²) in [4.78, 5) is 12.0. The van der Waals surface area contributed by atoms with E-state index in [4.69, 9.17) is 9.47 Å². The zero-order valence-electron chi connectivity index (χ0n) is 13.2. The maximum atomic E-state index is 12.0. The van der Waals surface area contributed by atoms with E-state index in [1.807, 2.05) is 24.3 Å². The summed E-state index contributed by atoms with van der Waals surface area (Å²) in [6.45, 7) is 1.06. The van der Waals surface area contributed by atoms with Gasteiger partial charge in [0, 0.05) is 6.42 Å². The van der Waals surface area contributed by atoms with Gasteiger partial charge in [-0.1, -0.05) is 6.42 Å². The Morgan fingerprint density at radius 1 is 1.18 bits per heavy atom. The Morgan fingerprint density at radius 2 is 1.95 bits per heavy atom. The fraction of sp³-hybridized carbons (Fsp3) is 0.611. The van der Waals surface area contributed by atoms with Crippen molar-refractivity contribution in [2.45, 2.75) is 32.1 Å². The number of methoxy groups -OCH3 is 1. The first-order valence-electron chi connectivity index (χ1n) is 8.28. The lowest BCUT2D eigenvalue weighted by Crippen LogP contribution is -2.30. The molecule has 0 heterocycles. The first kappa shape index (κ1) is 15.2. The van der Waals surface area contributed by atoms with Crippen LogP contribution in [-0.4, -0.2) is 26.2 Å². The number of ether oxygens (including phenoxy) is 2. The van der Waals surface area contributed by atoms with Crippen LogP contribution in [0, 0.1) is 17.8 Å². The van der Waals surface area contributed by atoms with Crippen LogP contribution in [0.25, 0.3) is 0 Å². The molecular formula is C18H25NO3. The van der Waals surface area contributed by atoms with E-state index in [1.165, 1.54) is 25.7 Å². The SMILES string of the molecule is COc1ccc(OCCNC(=O)C[C@@H]2C[C@@H]3CC[C@@H]2C3)cc1. The van der Waals surface area contributed by atoms with Gasteiger partial charge in [0.1, 0.15) is 18.1 Å². The maximum Gasteiger partial charge on any atom is 0.220 e. The summed E-state index contributed by atoms with van der Waals surface area (Å²) in [6.07, 6.45) is 6.05. The van der Waals surface area contributed by atoms with Crippen LogP contribution in [0.4, 0.5) is 0 Å². The average Bonchev–Trinajstić information content (AvgIpc) is 3.15. The molecule has 2 bridgehead atoms. The molecule has 0 radical (unpaired) electrons. The molecule has 0 spiro atoms. The largest absolute Gasteiger partial charge is 0.497 e. The Kier molecular flexibility index (Phi) is 4.86. The highest BCUT2D eigenvalue weighted by Gasteiger charge is 2.39. The molecule has 1 aromatic carbocycles. The number of fused-ring (bicyclic) bond motifs is 2. The van der Waals surface area contributed by atoms with Crippen molar-refractivity contribution >= 4 is 5.91 Å². The predicted molar refractivity (Wildman–Crippen MR) is 85.1 cm³/mol. The smallest absolute Gasteiger partial charge is 0.220 e. The second-order valence-corrected chi connectivity index (χ2v) is 6.51. The summed E-state index contributed by atoms with van der Waals surface area (Å²) < 4.78 is 10.7.